The normalized spacial score (nSPS) is 15.1. The number of nitrogens with one attached hydrogen (secondary N) is 1. The van der Waals surface area contributed by atoms with Crippen LogP contribution in [0.1, 0.15) is 30.6 Å². The lowest BCUT2D eigenvalue weighted by Crippen LogP contribution is -2.39. The Morgan fingerprint density at radius 3 is 2.71 bits per heavy atom. The second kappa shape index (κ2) is 4.52. The number of nitrogens with two attached hydrogens (primary N) is 1. The Bertz CT molecular complexity index is 324. The number of aromatic nitrogens is 1. The molecule has 1 amide bonds. The summed E-state index contributed by atoms with van der Waals surface area (Å²) in [5.74, 6) is -0.342. The lowest BCUT2D eigenvalue weighted by atomic mass is 10.2. The van der Waals surface area contributed by atoms with Crippen LogP contribution in [0.15, 0.2) is 5.38 Å². The van der Waals surface area contributed by atoms with Gasteiger partial charge in [-0.25, -0.2) is 4.98 Å². The van der Waals surface area contributed by atoms with Gasteiger partial charge < -0.3 is 5.73 Å². The van der Waals surface area contributed by atoms with Crippen LogP contribution < -0.4 is 11.1 Å². The van der Waals surface area contributed by atoms with Gasteiger partial charge in [-0.3, -0.25) is 10.1 Å². The molecule has 5 heteroatoms. The molecule has 1 aromatic rings. The van der Waals surface area contributed by atoms with Crippen LogP contribution in [-0.4, -0.2) is 16.9 Å². The Morgan fingerprint density at radius 2 is 2.29 bits per heavy atom. The first kappa shape index (κ1) is 11.1. The number of carbonyl (C=O) groups is 1. The highest BCUT2D eigenvalue weighted by Gasteiger charge is 2.15. The van der Waals surface area contributed by atoms with Gasteiger partial charge >= 0.3 is 0 Å². The van der Waals surface area contributed by atoms with Crippen LogP contribution in [-0.2, 0) is 4.79 Å². The molecular formula is C9H15N3OS. The number of primary amides is 1. The van der Waals surface area contributed by atoms with Gasteiger partial charge in [0.1, 0.15) is 5.01 Å². The molecule has 0 spiro atoms. The first-order valence-electron chi connectivity index (χ1n) is 4.48. The summed E-state index contributed by atoms with van der Waals surface area (Å²) in [6.45, 7) is 5.67. The number of aryl methyl sites for hydroxylation is 1. The molecule has 1 rings (SSSR count). The average molecular weight is 213 g/mol. The maximum Gasteiger partial charge on any atom is 0.234 e. The lowest BCUT2D eigenvalue weighted by Gasteiger charge is -2.15. The molecule has 14 heavy (non-hydrogen) atoms. The zero-order valence-corrected chi connectivity index (χ0v) is 9.39. The van der Waals surface area contributed by atoms with Crippen LogP contribution in [0.25, 0.3) is 0 Å². The first-order chi connectivity index (χ1) is 6.50. The van der Waals surface area contributed by atoms with Crippen molar-refractivity contribution in [2.24, 2.45) is 5.73 Å². The van der Waals surface area contributed by atoms with E-state index in [-0.39, 0.29) is 18.0 Å². The number of amides is 1. The molecule has 1 aromatic heterocycles. The summed E-state index contributed by atoms with van der Waals surface area (Å²) in [5, 5.41) is 6.05. The van der Waals surface area contributed by atoms with Crippen LogP contribution in [0.5, 0.6) is 0 Å². The zero-order chi connectivity index (χ0) is 10.7. The maximum atomic E-state index is 10.8. The summed E-state index contributed by atoms with van der Waals surface area (Å²) in [5.41, 5.74) is 6.15. The number of hydrogen-bond donors (Lipinski definition) is 2. The second-order valence-electron chi connectivity index (χ2n) is 3.34. The molecule has 0 saturated carbocycles. The quantitative estimate of drug-likeness (QED) is 0.783. The molecule has 0 aliphatic heterocycles. The van der Waals surface area contributed by atoms with Crippen LogP contribution in [0.2, 0.25) is 0 Å². The van der Waals surface area contributed by atoms with Crippen molar-refractivity contribution in [3.05, 3.63) is 16.1 Å². The molecule has 2 unspecified atom stereocenters. The van der Waals surface area contributed by atoms with Crippen LogP contribution in [0.4, 0.5) is 0 Å². The van der Waals surface area contributed by atoms with Crippen molar-refractivity contribution in [2.75, 3.05) is 0 Å². The van der Waals surface area contributed by atoms with Crippen molar-refractivity contribution in [1.82, 2.24) is 10.3 Å². The molecule has 0 fully saturated rings. The van der Waals surface area contributed by atoms with Gasteiger partial charge in [0.15, 0.2) is 0 Å². The molecule has 1 heterocycles. The van der Waals surface area contributed by atoms with E-state index in [4.69, 9.17) is 5.73 Å². The number of carbonyl (C=O) groups excluding carboxylic acids is 1. The molecule has 78 valence electrons. The third-order valence-corrected chi connectivity index (χ3v) is 3.08. The molecule has 0 radical (unpaired) electrons. The number of hydrogen-bond acceptors (Lipinski definition) is 4. The highest BCUT2D eigenvalue weighted by molar-refractivity contribution is 7.09. The van der Waals surface area contributed by atoms with E-state index >= 15 is 0 Å². The number of thiazole rings is 1. The van der Waals surface area contributed by atoms with Crippen LogP contribution in [0.3, 0.4) is 0 Å². The third kappa shape index (κ3) is 2.78. The van der Waals surface area contributed by atoms with Gasteiger partial charge in [-0.1, -0.05) is 0 Å². The molecule has 0 aliphatic rings. The van der Waals surface area contributed by atoms with E-state index in [0.717, 1.165) is 10.7 Å². The summed E-state index contributed by atoms with van der Waals surface area (Å²) < 4.78 is 0. The summed E-state index contributed by atoms with van der Waals surface area (Å²) in [4.78, 5) is 15.1. The monoisotopic (exact) mass is 213 g/mol. The Balaban J connectivity index is 2.58. The highest BCUT2D eigenvalue weighted by atomic mass is 32.1. The lowest BCUT2D eigenvalue weighted by molar-refractivity contribution is -0.119. The summed E-state index contributed by atoms with van der Waals surface area (Å²) in [6, 6.07) is -0.259. The minimum Gasteiger partial charge on any atom is -0.368 e. The predicted octanol–water partition coefficient (Wildman–Crippen LogP) is 0.976. The maximum absolute atomic E-state index is 10.8. The van der Waals surface area contributed by atoms with Gasteiger partial charge in [-0.05, 0) is 20.8 Å². The molecular weight excluding hydrogens is 198 g/mol. The fourth-order valence-corrected chi connectivity index (χ4v) is 1.91. The Hall–Kier alpha value is -0.940. The third-order valence-electron chi connectivity index (χ3n) is 1.93. The van der Waals surface area contributed by atoms with Crippen molar-refractivity contribution in [3.63, 3.8) is 0 Å². The molecule has 0 bridgehead atoms. The predicted molar refractivity (Wildman–Crippen MR) is 57.1 cm³/mol. The van der Waals surface area contributed by atoms with Crippen molar-refractivity contribution in [2.45, 2.75) is 32.9 Å². The van der Waals surface area contributed by atoms with E-state index in [1.165, 1.54) is 0 Å². The van der Waals surface area contributed by atoms with E-state index in [1.807, 2.05) is 19.2 Å². The molecule has 0 aromatic carbocycles. The fraction of sp³-hybridized carbons (Fsp3) is 0.556. The Labute approximate surface area is 87.5 Å². The van der Waals surface area contributed by atoms with Gasteiger partial charge in [0.25, 0.3) is 0 Å². The summed E-state index contributed by atoms with van der Waals surface area (Å²) in [7, 11) is 0. The minimum atomic E-state index is -0.342. The van der Waals surface area contributed by atoms with E-state index < -0.39 is 0 Å². The largest absolute Gasteiger partial charge is 0.368 e. The van der Waals surface area contributed by atoms with Gasteiger partial charge in [0, 0.05) is 11.1 Å². The van der Waals surface area contributed by atoms with Gasteiger partial charge in [0.2, 0.25) is 5.91 Å². The van der Waals surface area contributed by atoms with Crippen molar-refractivity contribution in [1.29, 1.82) is 0 Å². The fourth-order valence-electron chi connectivity index (χ4n) is 1.10. The van der Waals surface area contributed by atoms with Crippen molar-refractivity contribution < 1.29 is 4.79 Å². The van der Waals surface area contributed by atoms with E-state index in [1.54, 1.807) is 18.3 Å². The topological polar surface area (TPSA) is 68.0 Å². The highest BCUT2D eigenvalue weighted by Crippen LogP contribution is 2.17. The second-order valence-corrected chi connectivity index (χ2v) is 4.23. The van der Waals surface area contributed by atoms with E-state index in [9.17, 15) is 4.79 Å². The standard InChI is InChI=1S/C9H15N3OS/c1-5-4-14-9(11-5)7(3)12-6(2)8(10)13/h4,6-7,12H,1-3H3,(H2,10,13). The number of rotatable bonds is 4. The van der Waals surface area contributed by atoms with Crippen LogP contribution >= 0.6 is 11.3 Å². The molecule has 3 N–H and O–H groups in total. The molecule has 0 saturated heterocycles. The first-order valence-corrected chi connectivity index (χ1v) is 5.36. The molecule has 2 atom stereocenters. The van der Waals surface area contributed by atoms with Gasteiger partial charge in [-0.15, -0.1) is 11.3 Å². The molecule has 4 nitrogen and oxygen atoms in total. The van der Waals surface area contributed by atoms with E-state index in [0.29, 0.717) is 0 Å². The smallest absolute Gasteiger partial charge is 0.234 e. The Morgan fingerprint density at radius 1 is 1.64 bits per heavy atom. The SMILES string of the molecule is Cc1csc(C(C)NC(C)C(N)=O)n1. The summed E-state index contributed by atoms with van der Waals surface area (Å²) in [6.07, 6.45) is 0. The minimum absolute atomic E-state index is 0.0659. The van der Waals surface area contributed by atoms with Crippen molar-refractivity contribution >= 4 is 17.2 Å². The van der Waals surface area contributed by atoms with E-state index in [2.05, 4.69) is 10.3 Å². The summed E-state index contributed by atoms with van der Waals surface area (Å²) >= 11 is 1.59. The van der Waals surface area contributed by atoms with Crippen LogP contribution in [0, 0.1) is 6.92 Å². The average Bonchev–Trinajstić information content (AvgIpc) is 2.51. The van der Waals surface area contributed by atoms with Gasteiger partial charge in [0.05, 0.1) is 12.1 Å². The Kier molecular flexibility index (Phi) is 3.60. The number of nitrogens with zero attached hydrogens (tertiary/aromatic N) is 1. The zero-order valence-electron chi connectivity index (χ0n) is 8.57. The van der Waals surface area contributed by atoms with Gasteiger partial charge in [-0.2, -0.15) is 0 Å². The van der Waals surface area contributed by atoms with Crippen molar-refractivity contribution in [3.8, 4) is 0 Å². The molecule has 0 aliphatic carbocycles.